The van der Waals surface area contributed by atoms with Crippen molar-refractivity contribution in [2.45, 2.75) is 13.5 Å². The van der Waals surface area contributed by atoms with Crippen LogP contribution in [0.25, 0.3) is 10.9 Å². The van der Waals surface area contributed by atoms with E-state index in [0.29, 0.717) is 17.6 Å². The Kier molecular flexibility index (Phi) is 3.51. The molecule has 0 atom stereocenters. The number of hydrogen-bond donors (Lipinski definition) is 1. The first-order valence-electron chi connectivity index (χ1n) is 6.60. The summed E-state index contributed by atoms with van der Waals surface area (Å²) in [6.45, 7) is 3.13. The summed E-state index contributed by atoms with van der Waals surface area (Å²) in [6, 6.07) is 4.49. The van der Waals surface area contributed by atoms with E-state index in [4.69, 9.17) is 0 Å². The van der Waals surface area contributed by atoms with Crippen LogP contribution in [-0.4, -0.2) is 21.1 Å². The highest BCUT2D eigenvalue weighted by Gasteiger charge is 2.12. The standard InChI is InChI=1S/C15H14F2N4/c1-10-8-13(19-5-7-21-6-4-18-9-21)11-2-3-12(16)14(17)15(11)20-10/h2-4,6,8-9H,5,7H2,1H3,(H,19,20). The van der Waals surface area contributed by atoms with Crippen molar-refractivity contribution >= 4 is 16.6 Å². The van der Waals surface area contributed by atoms with Crippen molar-refractivity contribution < 1.29 is 8.78 Å². The molecule has 0 aliphatic rings. The average Bonchev–Trinajstić information content (AvgIpc) is 2.96. The highest BCUT2D eigenvalue weighted by atomic mass is 19.2. The molecule has 3 aromatic rings. The Balaban J connectivity index is 1.89. The molecule has 0 aliphatic heterocycles. The Hall–Kier alpha value is -2.50. The molecule has 0 aliphatic carbocycles. The minimum absolute atomic E-state index is 0.0557. The van der Waals surface area contributed by atoms with Gasteiger partial charge in [0.2, 0.25) is 0 Å². The van der Waals surface area contributed by atoms with Gasteiger partial charge in [-0.05, 0) is 25.1 Å². The Morgan fingerprint density at radius 1 is 1.29 bits per heavy atom. The van der Waals surface area contributed by atoms with Crippen molar-refractivity contribution in [3.05, 3.63) is 54.2 Å². The molecule has 0 saturated carbocycles. The fraction of sp³-hybridized carbons (Fsp3) is 0.200. The van der Waals surface area contributed by atoms with Crippen LogP contribution < -0.4 is 5.32 Å². The Labute approximate surface area is 120 Å². The number of rotatable bonds is 4. The third-order valence-electron chi connectivity index (χ3n) is 3.25. The molecule has 0 saturated heterocycles. The lowest BCUT2D eigenvalue weighted by Crippen LogP contribution is -2.10. The number of halogens is 2. The topological polar surface area (TPSA) is 42.7 Å². The maximum atomic E-state index is 13.8. The minimum atomic E-state index is -0.908. The number of nitrogens with zero attached hydrogens (tertiary/aromatic N) is 3. The first-order chi connectivity index (χ1) is 10.1. The third kappa shape index (κ3) is 2.69. The SMILES string of the molecule is Cc1cc(NCCn2ccnc2)c2ccc(F)c(F)c2n1. The lowest BCUT2D eigenvalue weighted by molar-refractivity contribution is 0.515. The van der Waals surface area contributed by atoms with E-state index in [9.17, 15) is 8.78 Å². The van der Waals surface area contributed by atoms with Crippen molar-refractivity contribution in [1.29, 1.82) is 0 Å². The van der Waals surface area contributed by atoms with Gasteiger partial charge in [0.05, 0.1) is 6.33 Å². The number of benzene rings is 1. The lowest BCUT2D eigenvalue weighted by atomic mass is 10.1. The number of hydrogen-bond acceptors (Lipinski definition) is 3. The van der Waals surface area contributed by atoms with E-state index in [1.807, 2.05) is 16.8 Å². The van der Waals surface area contributed by atoms with Crippen LogP contribution in [0.2, 0.25) is 0 Å². The second kappa shape index (κ2) is 5.47. The monoisotopic (exact) mass is 288 g/mol. The Morgan fingerprint density at radius 2 is 2.14 bits per heavy atom. The third-order valence-corrected chi connectivity index (χ3v) is 3.25. The van der Waals surface area contributed by atoms with Gasteiger partial charge < -0.3 is 9.88 Å². The highest BCUT2D eigenvalue weighted by molar-refractivity contribution is 5.91. The quantitative estimate of drug-likeness (QED) is 0.802. The van der Waals surface area contributed by atoms with Crippen LogP contribution in [0.1, 0.15) is 5.69 Å². The zero-order chi connectivity index (χ0) is 14.8. The smallest absolute Gasteiger partial charge is 0.185 e. The summed E-state index contributed by atoms with van der Waals surface area (Å²) in [4.78, 5) is 8.05. The van der Waals surface area contributed by atoms with Crippen molar-refractivity contribution in [2.24, 2.45) is 0 Å². The molecular formula is C15H14F2N4. The molecule has 4 nitrogen and oxygen atoms in total. The zero-order valence-corrected chi connectivity index (χ0v) is 11.5. The van der Waals surface area contributed by atoms with Crippen LogP contribution in [0.15, 0.2) is 36.9 Å². The molecule has 0 spiro atoms. The van der Waals surface area contributed by atoms with Gasteiger partial charge >= 0.3 is 0 Å². The molecule has 2 heterocycles. The maximum Gasteiger partial charge on any atom is 0.185 e. The van der Waals surface area contributed by atoms with E-state index in [1.54, 1.807) is 25.5 Å². The van der Waals surface area contributed by atoms with E-state index >= 15 is 0 Å². The molecule has 108 valence electrons. The van der Waals surface area contributed by atoms with Gasteiger partial charge in [0.1, 0.15) is 5.52 Å². The summed E-state index contributed by atoms with van der Waals surface area (Å²) < 4.78 is 29.1. The average molecular weight is 288 g/mol. The number of fused-ring (bicyclic) bond motifs is 1. The number of aromatic nitrogens is 3. The highest BCUT2D eigenvalue weighted by Crippen LogP contribution is 2.26. The van der Waals surface area contributed by atoms with Gasteiger partial charge in [0.15, 0.2) is 11.6 Å². The number of nitrogens with one attached hydrogen (secondary N) is 1. The predicted molar refractivity (Wildman–Crippen MR) is 77.1 cm³/mol. The van der Waals surface area contributed by atoms with Gasteiger partial charge in [-0.15, -0.1) is 0 Å². The van der Waals surface area contributed by atoms with E-state index in [-0.39, 0.29) is 5.52 Å². The van der Waals surface area contributed by atoms with E-state index < -0.39 is 11.6 Å². The van der Waals surface area contributed by atoms with Crippen molar-refractivity contribution in [3.8, 4) is 0 Å². The first-order valence-corrected chi connectivity index (χ1v) is 6.60. The molecule has 2 aromatic heterocycles. The normalized spacial score (nSPS) is 11.0. The van der Waals surface area contributed by atoms with Gasteiger partial charge in [-0.1, -0.05) is 0 Å². The summed E-state index contributed by atoms with van der Waals surface area (Å²) in [5, 5.41) is 3.81. The molecule has 6 heteroatoms. The van der Waals surface area contributed by atoms with Crippen LogP contribution >= 0.6 is 0 Å². The minimum Gasteiger partial charge on any atom is -0.383 e. The van der Waals surface area contributed by atoms with Crippen molar-refractivity contribution in [3.63, 3.8) is 0 Å². The van der Waals surface area contributed by atoms with Gasteiger partial charge in [-0.2, -0.15) is 0 Å². The van der Waals surface area contributed by atoms with Gasteiger partial charge in [-0.25, -0.2) is 18.7 Å². The van der Waals surface area contributed by atoms with Crippen LogP contribution in [0.4, 0.5) is 14.5 Å². The van der Waals surface area contributed by atoms with E-state index in [2.05, 4.69) is 15.3 Å². The number of pyridine rings is 1. The van der Waals surface area contributed by atoms with Crippen LogP contribution in [0.3, 0.4) is 0 Å². The van der Waals surface area contributed by atoms with Crippen molar-refractivity contribution in [2.75, 3.05) is 11.9 Å². The number of imidazole rings is 1. The Bertz CT molecular complexity index is 769. The second-order valence-electron chi connectivity index (χ2n) is 4.80. The fourth-order valence-electron chi connectivity index (χ4n) is 2.25. The molecule has 0 amide bonds. The molecule has 1 N–H and O–H groups in total. The summed E-state index contributed by atoms with van der Waals surface area (Å²) in [5.41, 5.74) is 1.44. The molecule has 21 heavy (non-hydrogen) atoms. The molecule has 0 bridgehead atoms. The molecule has 3 rings (SSSR count). The predicted octanol–water partition coefficient (Wildman–Crippen LogP) is 3.13. The van der Waals surface area contributed by atoms with E-state index in [1.165, 1.54) is 0 Å². The number of anilines is 1. The lowest BCUT2D eigenvalue weighted by Gasteiger charge is -2.11. The summed E-state index contributed by atoms with van der Waals surface area (Å²) in [7, 11) is 0. The second-order valence-corrected chi connectivity index (χ2v) is 4.80. The van der Waals surface area contributed by atoms with Gasteiger partial charge in [0, 0.05) is 42.3 Å². The number of aryl methyl sites for hydroxylation is 1. The largest absolute Gasteiger partial charge is 0.383 e. The zero-order valence-electron chi connectivity index (χ0n) is 11.5. The molecule has 1 aromatic carbocycles. The van der Waals surface area contributed by atoms with Crippen LogP contribution in [0.5, 0.6) is 0 Å². The summed E-state index contributed by atoms with van der Waals surface area (Å²) >= 11 is 0. The summed E-state index contributed by atoms with van der Waals surface area (Å²) in [5.74, 6) is -1.79. The summed E-state index contributed by atoms with van der Waals surface area (Å²) in [6.07, 6.45) is 5.31. The van der Waals surface area contributed by atoms with Crippen molar-refractivity contribution in [1.82, 2.24) is 14.5 Å². The molecular weight excluding hydrogens is 274 g/mol. The maximum absolute atomic E-state index is 13.8. The molecule has 0 fully saturated rings. The molecule has 0 radical (unpaired) electrons. The first kappa shape index (κ1) is 13.5. The Morgan fingerprint density at radius 3 is 2.90 bits per heavy atom. The molecule has 0 unspecified atom stereocenters. The van der Waals surface area contributed by atoms with Crippen LogP contribution in [-0.2, 0) is 6.54 Å². The fourth-order valence-corrected chi connectivity index (χ4v) is 2.25. The van der Waals surface area contributed by atoms with E-state index in [0.717, 1.165) is 18.3 Å². The van der Waals surface area contributed by atoms with Gasteiger partial charge in [-0.3, -0.25) is 0 Å². The van der Waals surface area contributed by atoms with Gasteiger partial charge in [0.25, 0.3) is 0 Å². The van der Waals surface area contributed by atoms with Crippen LogP contribution in [0, 0.1) is 18.6 Å².